The van der Waals surface area contributed by atoms with Crippen molar-refractivity contribution in [3.8, 4) is 10.6 Å². The van der Waals surface area contributed by atoms with Crippen molar-refractivity contribution >= 4 is 33.3 Å². The second-order valence-corrected chi connectivity index (χ2v) is 10.0. The van der Waals surface area contributed by atoms with Crippen molar-refractivity contribution in [3.63, 3.8) is 0 Å². The van der Waals surface area contributed by atoms with Gasteiger partial charge >= 0.3 is 0 Å². The number of nitrogens with zero attached hydrogens (tertiary/aromatic N) is 2. The van der Waals surface area contributed by atoms with Gasteiger partial charge in [0.25, 0.3) is 5.56 Å². The van der Waals surface area contributed by atoms with Crippen LogP contribution in [0.4, 0.5) is 11.8 Å². The van der Waals surface area contributed by atoms with E-state index in [0.29, 0.717) is 28.8 Å². The van der Waals surface area contributed by atoms with E-state index in [-0.39, 0.29) is 18.2 Å². The van der Waals surface area contributed by atoms with Crippen LogP contribution in [-0.2, 0) is 0 Å². The third-order valence-electron chi connectivity index (χ3n) is 6.73. The SMILES string of the molecule is O=c1[nH]c(NC2CCCCC2)nc(NC2CC(CO)[C@@H](O)[C@H]2O)c1-c1nc2ccccc2s1. The second kappa shape index (κ2) is 9.38. The van der Waals surface area contributed by atoms with Crippen LogP contribution >= 0.6 is 11.3 Å². The van der Waals surface area contributed by atoms with Crippen LogP contribution in [0, 0.1) is 5.92 Å². The first kappa shape index (κ1) is 22.3. The predicted molar refractivity (Wildman–Crippen MR) is 129 cm³/mol. The van der Waals surface area contributed by atoms with Crippen molar-refractivity contribution in [2.24, 2.45) is 5.92 Å². The molecule has 2 heterocycles. The molecule has 0 spiro atoms. The predicted octanol–water partition coefficient (Wildman–Crippen LogP) is 2.31. The fraction of sp³-hybridized carbons (Fsp3) is 0.522. The molecular formula is C23H29N5O4S. The Labute approximate surface area is 194 Å². The Kier molecular flexibility index (Phi) is 6.33. The third-order valence-corrected chi connectivity index (χ3v) is 7.79. The van der Waals surface area contributed by atoms with Crippen LogP contribution in [0.15, 0.2) is 29.1 Å². The molecule has 33 heavy (non-hydrogen) atoms. The molecule has 2 aromatic heterocycles. The van der Waals surface area contributed by atoms with Crippen molar-refractivity contribution in [1.29, 1.82) is 0 Å². The molecule has 3 aromatic rings. The summed E-state index contributed by atoms with van der Waals surface area (Å²) in [4.78, 5) is 25.4. The molecule has 10 heteroatoms. The van der Waals surface area contributed by atoms with Gasteiger partial charge in [0.1, 0.15) is 22.5 Å². The summed E-state index contributed by atoms with van der Waals surface area (Å²) in [5, 5.41) is 37.4. The van der Waals surface area contributed by atoms with E-state index in [4.69, 9.17) is 0 Å². The Morgan fingerprint density at radius 3 is 2.58 bits per heavy atom. The van der Waals surface area contributed by atoms with Crippen molar-refractivity contribution < 1.29 is 15.3 Å². The van der Waals surface area contributed by atoms with Crippen molar-refractivity contribution in [2.75, 3.05) is 17.2 Å². The van der Waals surface area contributed by atoms with Crippen LogP contribution in [0.2, 0.25) is 0 Å². The van der Waals surface area contributed by atoms with Gasteiger partial charge in [-0.15, -0.1) is 11.3 Å². The number of hydrogen-bond donors (Lipinski definition) is 6. The summed E-state index contributed by atoms with van der Waals surface area (Å²) in [6.07, 6.45) is 3.80. The van der Waals surface area contributed by atoms with E-state index in [0.717, 1.165) is 35.9 Å². The molecule has 6 N–H and O–H groups in total. The largest absolute Gasteiger partial charge is 0.396 e. The van der Waals surface area contributed by atoms with Crippen LogP contribution < -0.4 is 16.2 Å². The first-order valence-corrected chi connectivity index (χ1v) is 12.4. The summed E-state index contributed by atoms with van der Waals surface area (Å²) >= 11 is 1.40. The molecule has 176 valence electrons. The Balaban J connectivity index is 1.53. The zero-order valence-electron chi connectivity index (χ0n) is 18.2. The average Bonchev–Trinajstić information content (AvgIpc) is 3.35. The fourth-order valence-electron chi connectivity index (χ4n) is 4.89. The Morgan fingerprint density at radius 2 is 1.85 bits per heavy atom. The van der Waals surface area contributed by atoms with E-state index in [1.165, 1.54) is 17.8 Å². The molecule has 0 bridgehead atoms. The number of aromatic amines is 1. The minimum atomic E-state index is -1.08. The summed E-state index contributed by atoms with van der Waals surface area (Å²) in [6, 6.07) is 7.37. The van der Waals surface area contributed by atoms with Crippen LogP contribution in [0.1, 0.15) is 38.5 Å². The number of para-hydroxylation sites is 1. The first-order chi connectivity index (χ1) is 16.0. The summed E-state index contributed by atoms with van der Waals surface area (Å²) in [5.74, 6) is 0.252. The first-order valence-electron chi connectivity index (χ1n) is 11.5. The lowest BCUT2D eigenvalue weighted by Gasteiger charge is -2.24. The number of hydrogen-bond acceptors (Lipinski definition) is 9. The fourth-order valence-corrected chi connectivity index (χ4v) is 5.90. The molecule has 0 radical (unpaired) electrons. The highest BCUT2D eigenvalue weighted by atomic mass is 32.1. The van der Waals surface area contributed by atoms with Gasteiger partial charge in [-0.05, 0) is 31.4 Å². The quantitative estimate of drug-likeness (QED) is 0.321. The van der Waals surface area contributed by atoms with Crippen molar-refractivity contribution in [2.45, 2.75) is 62.8 Å². The van der Waals surface area contributed by atoms with Crippen LogP contribution in [0.3, 0.4) is 0 Å². The number of aliphatic hydroxyl groups excluding tert-OH is 3. The minimum absolute atomic E-state index is 0.224. The molecule has 2 aliphatic rings. The van der Waals surface area contributed by atoms with Gasteiger partial charge in [0, 0.05) is 18.6 Å². The molecule has 0 saturated heterocycles. The maximum Gasteiger partial charge on any atom is 0.264 e. The van der Waals surface area contributed by atoms with E-state index < -0.39 is 24.2 Å². The maximum absolute atomic E-state index is 13.3. The van der Waals surface area contributed by atoms with Crippen LogP contribution in [0.5, 0.6) is 0 Å². The number of fused-ring (bicyclic) bond motifs is 1. The molecule has 0 amide bonds. The van der Waals surface area contributed by atoms with Gasteiger partial charge in [0.2, 0.25) is 5.95 Å². The summed E-state index contributed by atoms with van der Waals surface area (Å²) in [6.45, 7) is -0.224. The number of aromatic nitrogens is 3. The molecule has 1 aromatic carbocycles. The molecule has 4 atom stereocenters. The maximum atomic E-state index is 13.3. The normalized spacial score (nSPS) is 26.0. The number of benzene rings is 1. The molecule has 2 unspecified atom stereocenters. The van der Waals surface area contributed by atoms with Gasteiger partial charge in [-0.3, -0.25) is 9.78 Å². The Morgan fingerprint density at radius 1 is 1.06 bits per heavy atom. The Bertz CT molecular complexity index is 1140. The van der Waals surface area contributed by atoms with Gasteiger partial charge in [0.15, 0.2) is 0 Å². The summed E-state index contributed by atoms with van der Waals surface area (Å²) < 4.78 is 0.957. The standard InChI is InChI=1S/C23H29N5O4S/c29-11-12-10-15(19(31)18(12)30)25-20-17(22-26-14-8-4-5-9-16(14)33-22)21(32)28-23(27-20)24-13-6-2-1-3-7-13/h4-5,8-9,12-13,15,18-19,29-31H,1-3,6-7,10-11H2,(H3,24,25,27,28,32)/t12?,15?,18-,19+/m1/s1. The van der Waals surface area contributed by atoms with E-state index >= 15 is 0 Å². The summed E-state index contributed by atoms with van der Waals surface area (Å²) in [5.41, 5.74) is 0.778. The molecular weight excluding hydrogens is 442 g/mol. The van der Waals surface area contributed by atoms with Crippen molar-refractivity contribution in [1.82, 2.24) is 15.0 Å². The van der Waals surface area contributed by atoms with E-state index in [2.05, 4.69) is 25.6 Å². The van der Waals surface area contributed by atoms with Gasteiger partial charge in [-0.1, -0.05) is 31.4 Å². The number of H-pyrrole nitrogens is 1. The third kappa shape index (κ3) is 4.48. The lowest BCUT2D eigenvalue weighted by molar-refractivity contribution is 0.00446. The Hall–Kier alpha value is -2.53. The second-order valence-electron chi connectivity index (χ2n) is 9.01. The van der Waals surface area contributed by atoms with Gasteiger partial charge < -0.3 is 26.0 Å². The lowest BCUT2D eigenvalue weighted by atomic mass is 9.96. The molecule has 0 aliphatic heterocycles. The molecule has 2 saturated carbocycles. The number of thiazole rings is 1. The monoisotopic (exact) mass is 471 g/mol. The van der Waals surface area contributed by atoms with Gasteiger partial charge in [0.05, 0.1) is 22.4 Å². The highest BCUT2D eigenvalue weighted by Gasteiger charge is 2.41. The lowest BCUT2D eigenvalue weighted by Crippen LogP contribution is -2.36. The van der Waals surface area contributed by atoms with Gasteiger partial charge in [-0.25, -0.2) is 4.98 Å². The number of aliphatic hydroxyl groups is 3. The van der Waals surface area contributed by atoms with Crippen LogP contribution in [-0.4, -0.2) is 61.2 Å². The van der Waals surface area contributed by atoms with Crippen LogP contribution in [0.25, 0.3) is 20.8 Å². The molecule has 9 nitrogen and oxygen atoms in total. The zero-order chi connectivity index (χ0) is 22.9. The number of anilines is 2. The molecule has 5 rings (SSSR count). The van der Waals surface area contributed by atoms with Gasteiger partial charge in [-0.2, -0.15) is 4.98 Å². The topological polar surface area (TPSA) is 143 Å². The smallest absolute Gasteiger partial charge is 0.264 e. The molecule has 2 aliphatic carbocycles. The highest BCUT2D eigenvalue weighted by molar-refractivity contribution is 7.21. The average molecular weight is 472 g/mol. The minimum Gasteiger partial charge on any atom is -0.396 e. The number of nitrogens with one attached hydrogen (secondary N) is 3. The van der Waals surface area contributed by atoms with E-state index in [9.17, 15) is 20.1 Å². The number of rotatable bonds is 6. The zero-order valence-corrected chi connectivity index (χ0v) is 19.0. The summed E-state index contributed by atoms with van der Waals surface area (Å²) in [7, 11) is 0. The highest BCUT2D eigenvalue weighted by Crippen LogP contribution is 2.35. The van der Waals surface area contributed by atoms with E-state index in [1.807, 2.05) is 24.3 Å². The van der Waals surface area contributed by atoms with E-state index in [1.54, 1.807) is 0 Å². The molecule has 2 fully saturated rings. The van der Waals surface area contributed by atoms with Crippen molar-refractivity contribution in [3.05, 3.63) is 34.6 Å².